The number of carbonyl (C=O) groups is 2. The van der Waals surface area contributed by atoms with Crippen LogP contribution in [-0.4, -0.2) is 23.0 Å². The molecule has 1 unspecified atom stereocenters. The van der Waals surface area contributed by atoms with Crippen LogP contribution in [0.3, 0.4) is 0 Å². The summed E-state index contributed by atoms with van der Waals surface area (Å²) in [5, 5.41) is 12.4. The van der Waals surface area contributed by atoms with Crippen LogP contribution in [0, 0.1) is 0 Å². The Balaban J connectivity index is 2.13. The van der Waals surface area contributed by atoms with Gasteiger partial charge in [0.05, 0.1) is 5.41 Å². The number of allylic oxidation sites excluding steroid dienone is 1. The summed E-state index contributed by atoms with van der Waals surface area (Å²) >= 11 is 5.97. The van der Waals surface area contributed by atoms with Crippen LogP contribution in [0.1, 0.15) is 31.7 Å². The van der Waals surface area contributed by atoms with Gasteiger partial charge >= 0.3 is 5.97 Å². The van der Waals surface area contributed by atoms with Crippen LogP contribution < -0.4 is 5.32 Å². The Hall–Kier alpha value is -1.81. The minimum Gasteiger partial charge on any atom is -0.480 e. The Morgan fingerprint density at radius 3 is 2.71 bits per heavy atom. The van der Waals surface area contributed by atoms with E-state index in [0.717, 1.165) is 18.4 Å². The number of hydrogen-bond acceptors (Lipinski definition) is 2. The van der Waals surface area contributed by atoms with E-state index < -0.39 is 17.4 Å². The topological polar surface area (TPSA) is 66.4 Å². The van der Waals surface area contributed by atoms with Crippen LogP contribution in [0.2, 0.25) is 5.02 Å². The van der Waals surface area contributed by atoms with Crippen molar-refractivity contribution in [1.82, 2.24) is 5.32 Å². The molecule has 1 aromatic rings. The first-order chi connectivity index (χ1) is 9.99. The number of aliphatic carboxylic acids is 1. The Morgan fingerprint density at radius 2 is 2.19 bits per heavy atom. The highest BCUT2D eigenvalue weighted by atomic mass is 35.5. The molecule has 2 rings (SSSR count). The van der Waals surface area contributed by atoms with Crippen LogP contribution in [-0.2, 0) is 15.0 Å². The van der Waals surface area contributed by atoms with Crippen molar-refractivity contribution in [3.8, 4) is 0 Å². The summed E-state index contributed by atoms with van der Waals surface area (Å²) in [4.78, 5) is 23.7. The van der Waals surface area contributed by atoms with Gasteiger partial charge in [0.25, 0.3) is 0 Å². The SMILES string of the molecule is C/C=C/CC(NC(=O)C1(c2cccc(Cl)c2)CC1)C(=O)O. The van der Waals surface area contributed by atoms with Crippen molar-refractivity contribution < 1.29 is 14.7 Å². The van der Waals surface area contributed by atoms with Gasteiger partial charge in [-0.1, -0.05) is 35.9 Å². The molecule has 1 amide bonds. The minimum absolute atomic E-state index is 0.235. The molecule has 0 heterocycles. The lowest BCUT2D eigenvalue weighted by atomic mass is 9.94. The Bertz CT molecular complexity index is 579. The van der Waals surface area contributed by atoms with Gasteiger partial charge in [0.2, 0.25) is 5.91 Å². The van der Waals surface area contributed by atoms with Gasteiger partial charge in [-0.2, -0.15) is 0 Å². The van der Waals surface area contributed by atoms with Gasteiger partial charge in [0.1, 0.15) is 6.04 Å². The molecule has 5 heteroatoms. The lowest BCUT2D eigenvalue weighted by Crippen LogP contribution is -2.45. The maximum Gasteiger partial charge on any atom is 0.326 e. The summed E-state index contributed by atoms with van der Waals surface area (Å²) in [7, 11) is 0. The fraction of sp³-hybridized carbons (Fsp3) is 0.375. The van der Waals surface area contributed by atoms with Crippen molar-refractivity contribution >= 4 is 23.5 Å². The summed E-state index contributed by atoms with van der Waals surface area (Å²) in [6, 6.07) is 6.30. The van der Waals surface area contributed by atoms with Crippen molar-refractivity contribution in [1.29, 1.82) is 0 Å². The van der Waals surface area contributed by atoms with E-state index >= 15 is 0 Å². The maximum absolute atomic E-state index is 12.5. The molecule has 21 heavy (non-hydrogen) atoms. The zero-order chi connectivity index (χ0) is 15.5. The van der Waals surface area contributed by atoms with E-state index in [-0.39, 0.29) is 12.3 Å². The second-order valence-electron chi connectivity index (χ2n) is 5.26. The highest BCUT2D eigenvalue weighted by molar-refractivity contribution is 6.30. The van der Waals surface area contributed by atoms with E-state index in [1.54, 1.807) is 30.4 Å². The maximum atomic E-state index is 12.5. The fourth-order valence-electron chi connectivity index (χ4n) is 2.35. The molecule has 0 aliphatic heterocycles. The molecule has 112 valence electrons. The lowest BCUT2D eigenvalue weighted by Gasteiger charge is -2.19. The summed E-state index contributed by atoms with van der Waals surface area (Å²) < 4.78 is 0. The zero-order valence-electron chi connectivity index (χ0n) is 11.8. The molecule has 0 saturated heterocycles. The van der Waals surface area contributed by atoms with Crippen LogP contribution >= 0.6 is 11.6 Å². The first-order valence-corrected chi connectivity index (χ1v) is 7.28. The molecule has 1 fully saturated rings. The molecule has 0 spiro atoms. The predicted octanol–water partition coefficient (Wildman–Crippen LogP) is 2.91. The standard InChI is InChI=1S/C16H18ClNO3/c1-2-3-7-13(14(19)20)18-15(21)16(8-9-16)11-5-4-6-12(17)10-11/h2-6,10,13H,7-9H2,1H3,(H,18,21)(H,19,20)/b3-2+. The van der Waals surface area contributed by atoms with Gasteiger partial charge in [-0.25, -0.2) is 4.79 Å². The van der Waals surface area contributed by atoms with Crippen molar-refractivity contribution in [2.75, 3.05) is 0 Å². The third-order valence-electron chi connectivity index (χ3n) is 3.77. The fourth-order valence-corrected chi connectivity index (χ4v) is 2.54. The molecule has 0 aromatic heterocycles. The molecule has 1 aliphatic rings. The van der Waals surface area contributed by atoms with Gasteiger partial charge in [-0.15, -0.1) is 0 Å². The van der Waals surface area contributed by atoms with Crippen molar-refractivity contribution in [2.45, 2.75) is 37.6 Å². The number of hydrogen-bond donors (Lipinski definition) is 2. The van der Waals surface area contributed by atoms with Crippen molar-refractivity contribution in [3.05, 3.63) is 47.0 Å². The summed E-state index contributed by atoms with van der Waals surface area (Å²) in [6.45, 7) is 1.81. The summed E-state index contributed by atoms with van der Waals surface area (Å²) in [6.07, 6.45) is 5.22. The minimum atomic E-state index is -1.02. The average Bonchev–Trinajstić information content (AvgIpc) is 3.24. The Kier molecular flexibility index (Phi) is 4.68. The van der Waals surface area contributed by atoms with E-state index in [9.17, 15) is 14.7 Å². The largest absolute Gasteiger partial charge is 0.480 e. The molecular formula is C16H18ClNO3. The predicted molar refractivity (Wildman–Crippen MR) is 81.4 cm³/mol. The van der Waals surface area contributed by atoms with E-state index in [1.807, 2.05) is 13.0 Å². The lowest BCUT2D eigenvalue weighted by molar-refractivity contribution is -0.142. The molecular weight excluding hydrogens is 290 g/mol. The first-order valence-electron chi connectivity index (χ1n) is 6.90. The van der Waals surface area contributed by atoms with Crippen molar-refractivity contribution in [2.24, 2.45) is 0 Å². The number of carboxylic acids is 1. The summed E-state index contributed by atoms with van der Waals surface area (Å²) in [5.74, 6) is -1.26. The number of halogens is 1. The molecule has 1 atom stereocenters. The third kappa shape index (κ3) is 3.45. The van der Waals surface area contributed by atoms with Gasteiger partial charge in [-0.3, -0.25) is 4.79 Å². The molecule has 1 saturated carbocycles. The van der Waals surface area contributed by atoms with Gasteiger partial charge in [0, 0.05) is 5.02 Å². The monoisotopic (exact) mass is 307 g/mol. The molecule has 1 aromatic carbocycles. The Morgan fingerprint density at radius 1 is 1.48 bits per heavy atom. The summed E-state index contributed by atoms with van der Waals surface area (Å²) in [5.41, 5.74) is 0.233. The average molecular weight is 308 g/mol. The number of carboxylic acid groups (broad SMARTS) is 1. The van der Waals surface area contributed by atoms with Crippen LogP contribution in [0.15, 0.2) is 36.4 Å². The molecule has 1 aliphatic carbocycles. The number of rotatable bonds is 6. The van der Waals surface area contributed by atoms with Gasteiger partial charge in [-0.05, 0) is 43.9 Å². The molecule has 2 N–H and O–H groups in total. The smallest absolute Gasteiger partial charge is 0.326 e. The molecule has 0 bridgehead atoms. The van der Waals surface area contributed by atoms with Crippen LogP contribution in [0.5, 0.6) is 0 Å². The second kappa shape index (κ2) is 6.31. The Labute approximate surface area is 128 Å². The van der Waals surface area contributed by atoms with E-state index in [1.165, 1.54) is 0 Å². The van der Waals surface area contributed by atoms with Crippen LogP contribution in [0.4, 0.5) is 0 Å². The highest BCUT2D eigenvalue weighted by Crippen LogP contribution is 2.48. The first kappa shape index (κ1) is 15.6. The highest BCUT2D eigenvalue weighted by Gasteiger charge is 2.51. The zero-order valence-corrected chi connectivity index (χ0v) is 12.6. The van der Waals surface area contributed by atoms with E-state index in [4.69, 9.17) is 11.6 Å². The number of amides is 1. The second-order valence-corrected chi connectivity index (χ2v) is 5.70. The van der Waals surface area contributed by atoms with Crippen LogP contribution in [0.25, 0.3) is 0 Å². The van der Waals surface area contributed by atoms with E-state index in [0.29, 0.717) is 5.02 Å². The van der Waals surface area contributed by atoms with Crippen molar-refractivity contribution in [3.63, 3.8) is 0 Å². The van der Waals surface area contributed by atoms with E-state index in [2.05, 4.69) is 5.32 Å². The molecule has 4 nitrogen and oxygen atoms in total. The number of nitrogens with one attached hydrogen (secondary N) is 1. The third-order valence-corrected chi connectivity index (χ3v) is 4.01. The quantitative estimate of drug-likeness (QED) is 0.794. The van der Waals surface area contributed by atoms with Gasteiger partial charge < -0.3 is 10.4 Å². The number of carbonyl (C=O) groups excluding carboxylic acids is 1. The normalized spacial score (nSPS) is 17.4. The number of benzene rings is 1. The molecule has 0 radical (unpaired) electrons. The van der Waals surface area contributed by atoms with Gasteiger partial charge in [0.15, 0.2) is 0 Å².